The van der Waals surface area contributed by atoms with Gasteiger partial charge in [-0.3, -0.25) is 10.1 Å². The van der Waals surface area contributed by atoms with E-state index in [1.54, 1.807) is 30.3 Å². The molecule has 0 spiro atoms. The Balaban J connectivity index is 0.00000162. The first kappa shape index (κ1) is 13.5. The van der Waals surface area contributed by atoms with Gasteiger partial charge in [0.25, 0.3) is 5.69 Å². The molecule has 0 atom stereocenters. The molecule has 18 heavy (non-hydrogen) atoms. The first-order valence-corrected chi connectivity index (χ1v) is 4.97. The van der Waals surface area contributed by atoms with E-state index in [1.807, 2.05) is 18.2 Å². The van der Waals surface area contributed by atoms with Crippen LogP contribution in [-0.2, 0) is 0 Å². The van der Waals surface area contributed by atoms with Crippen LogP contribution in [0.2, 0.25) is 0 Å². The Bertz CT molecular complexity index is 553. The van der Waals surface area contributed by atoms with E-state index in [0.29, 0.717) is 5.69 Å². The zero-order valence-corrected chi connectivity index (χ0v) is 9.35. The van der Waals surface area contributed by atoms with Crippen LogP contribution in [0.15, 0.2) is 64.8 Å². The van der Waals surface area contributed by atoms with Crippen molar-refractivity contribution in [2.24, 2.45) is 10.2 Å². The Hall–Kier alpha value is -2.56. The van der Waals surface area contributed by atoms with E-state index < -0.39 is 4.92 Å². The third-order valence-corrected chi connectivity index (χ3v) is 2.11. The van der Waals surface area contributed by atoms with Crippen LogP contribution < -0.4 is 0 Å². The zero-order chi connectivity index (χ0) is 12.1. The van der Waals surface area contributed by atoms with Crippen molar-refractivity contribution in [3.05, 3.63) is 72.1 Å². The predicted octanol–water partition coefficient (Wildman–Crippen LogP) is 4.09. The summed E-state index contributed by atoms with van der Waals surface area (Å²) in [6.45, 7) is 0. The average Bonchev–Trinajstić information content (AvgIpc) is 2.38. The van der Waals surface area contributed by atoms with Gasteiger partial charge in [0.1, 0.15) is 0 Å². The van der Waals surface area contributed by atoms with Crippen molar-refractivity contribution in [2.45, 2.75) is 0 Å². The van der Waals surface area contributed by atoms with Gasteiger partial charge in [0.2, 0.25) is 0 Å². The molecule has 0 saturated carbocycles. The van der Waals surface area contributed by atoms with Gasteiger partial charge in [-0.15, -0.1) is 5.11 Å². The molecule has 5 heteroatoms. The number of benzene rings is 2. The molecular weight excluding hydrogens is 230 g/mol. The molecule has 0 N–H and O–H groups in total. The van der Waals surface area contributed by atoms with Gasteiger partial charge in [-0.05, 0) is 18.2 Å². The molecule has 2 rings (SSSR count). The van der Waals surface area contributed by atoms with Crippen molar-refractivity contribution in [1.82, 2.24) is 0 Å². The van der Waals surface area contributed by atoms with Crippen LogP contribution in [0.25, 0.3) is 0 Å². The maximum Gasteiger partial charge on any atom is 0.296 e. The first-order valence-electron chi connectivity index (χ1n) is 4.97. The fourth-order valence-electron chi connectivity index (χ4n) is 1.31. The summed E-state index contributed by atoms with van der Waals surface area (Å²) in [5.74, 6) is 0. The highest BCUT2D eigenvalue weighted by molar-refractivity contribution is 5.56. The summed E-state index contributed by atoms with van der Waals surface area (Å²) in [4.78, 5) is 10.3. The van der Waals surface area contributed by atoms with Crippen LogP contribution in [0, 0.1) is 17.5 Å². The normalized spacial score (nSPS) is 10.0. The molecule has 0 saturated heterocycles. The monoisotopic (exact) mass is 239 g/mol. The molecule has 0 unspecified atom stereocenters. The third-order valence-electron chi connectivity index (χ3n) is 2.11. The SMILES string of the molecule is O=[N+]([O-])c1ccccc1N=Nc1ccccc1.[C]. The number of hydrogen-bond acceptors (Lipinski definition) is 4. The van der Waals surface area contributed by atoms with Crippen molar-refractivity contribution >= 4 is 17.1 Å². The number of para-hydroxylation sites is 1. The summed E-state index contributed by atoms with van der Waals surface area (Å²) in [6, 6.07) is 15.3. The van der Waals surface area contributed by atoms with Gasteiger partial charge >= 0.3 is 0 Å². The van der Waals surface area contributed by atoms with E-state index in [1.165, 1.54) is 6.07 Å². The molecule has 0 aromatic heterocycles. The van der Waals surface area contributed by atoms with E-state index in [9.17, 15) is 10.1 Å². The Kier molecular flexibility index (Phi) is 4.68. The lowest BCUT2D eigenvalue weighted by atomic mass is 10.3. The summed E-state index contributed by atoms with van der Waals surface area (Å²) in [5.41, 5.74) is 0.860. The van der Waals surface area contributed by atoms with Gasteiger partial charge in [0, 0.05) is 13.5 Å². The van der Waals surface area contributed by atoms with Crippen LogP contribution in [0.1, 0.15) is 0 Å². The minimum Gasteiger partial charge on any atom is -0.258 e. The Labute approximate surface area is 105 Å². The molecule has 2 aromatic rings. The molecule has 0 bridgehead atoms. The van der Waals surface area contributed by atoms with Crippen LogP contribution >= 0.6 is 0 Å². The Morgan fingerprint density at radius 1 is 0.889 bits per heavy atom. The average molecular weight is 239 g/mol. The zero-order valence-electron chi connectivity index (χ0n) is 9.35. The largest absolute Gasteiger partial charge is 0.296 e. The maximum absolute atomic E-state index is 10.7. The van der Waals surface area contributed by atoms with Gasteiger partial charge in [0.05, 0.1) is 10.6 Å². The van der Waals surface area contributed by atoms with Gasteiger partial charge in [-0.2, -0.15) is 5.11 Å². The molecule has 0 aliphatic heterocycles. The summed E-state index contributed by atoms with van der Waals surface area (Å²) < 4.78 is 0. The fourth-order valence-corrected chi connectivity index (χ4v) is 1.31. The molecule has 5 nitrogen and oxygen atoms in total. The van der Waals surface area contributed by atoms with Crippen molar-refractivity contribution < 1.29 is 4.92 Å². The predicted molar refractivity (Wildman–Crippen MR) is 67.0 cm³/mol. The highest BCUT2D eigenvalue weighted by Gasteiger charge is 2.11. The molecule has 2 aromatic carbocycles. The lowest BCUT2D eigenvalue weighted by Gasteiger charge is -1.95. The second-order valence-corrected chi connectivity index (χ2v) is 3.28. The molecule has 88 valence electrons. The number of hydrogen-bond donors (Lipinski definition) is 0. The summed E-state index contributed by atoms with van der Waals surface area (Å²) in [6.07, 6.45) is 0. The number of nitro benzene ring substituents is 1. The molecule has 0 aliphatic carbocycles. The molecule has 0 heterocycles. The van der Waals surface area contributed by atoms with Crippen LogP contribution in [0.5, 0.6) is 0 Å². The van der Waals surface area contributed by atoms with Gasteiger partial charge in [0.15, 0.2) is 5.69 Å². The second-order valence-electron chi connectivity index (χ2n) is 3.28. The Morgan fingerprint density at radius 3 is 2.17 bits per heavy atom. The van der Waals surface area contributed by atoms with E-state index in [-0.39, 0.29) is 18.8 Å². The minimum atomic E-state index is -0.473. The number of nitrogens with zero attached hydrogens (tertiary/aromatic N) is 3. The highest BCUT2D eigenvalue weighted by atomic mass is 16.6. The molecule has 0 fully saturated rings. The van der Waals surface area contributed by atoms with Gasteiger partial charge < -0.3 is 0 Å². The van der Waals surface area contributed by atoms with Gasteiger partial charge in [-0.1, -0.05) is 30.3 Å². The van der Waals surface area contributed by atoms with E-state index in [0.717, 1.165) is 0 Å². The van der Waals surface area contributed by atoms with Gasteiger partial charge in [-0.25, -0.2) is 0 Å². The Morgan fingerprint density at radius 2 is 1.50 bits per heavy atom. The van der Waals surface area contributed by atoms with Crippen LogP contribution in [-0.4, -0.2) is 4.92 Å². The molecule has 0 aliphatic rings. The third kappa shape index (κ3) is 3.21. The lowest BCUT2D eigenvalue weighted by molar-refractivity contribution is -0.384. The lowest BCUT2D eigenvalue weighted by Crippen LogP contribution is -1.86. The standard InChI is InChI=1S/C12H9N3O2.C/c16-15(17)12-9-5-4-8-11(12)14-13-10-6-2-1-3-7-10;/h1-9H;. The van der Waals surface area contributed by atoms with Crippen molar-refractivity contribution in [3.63, 3.8) is 0 Å². The number of azo groups is 1. The number of nitro groups is 1. The molecule has 4 radical (unpaired) electrons. The quantitative estimate of drug-likeness (QED) is 0.459. The van der Waals surface area contributed by atoms with Crippen LogP contribution in [0.3, 0.4) is 0 Å². The molecular formula is C13H9N3O2. The smallest absolute Gasteiger partial charge is 0.258 e. The van der Waals surface area contributed by atoms with Crippen molar-refractivity contribution in [3.8, 4) is 0 Å². The van der Waals surface area contributed by atoms with E-state index >= 15 is 0 Å². The van der Waals surface area contributed by atoms with Crippen molar-refractivity contribution in [1.29, 1.82) is 0 Å². The van der Waals surface area contributed by atoms with Crippen molar-refractivity contribution in [2.75, 3.05) is 0 Å². The van der Waals surface area contributed by atoms with E-state index in [2.05, 4.69) is 10.2 Å². The summed E-state index contributed by atoms with van der Waals surface area (Å²) in [7, 11) is 0. The fraction of sp³-hybridized carbons (Fsp3) is 0. The minimum absolute atomic E-state index is 0. The summed E-state index contributed by atoms with van der Waals surface area (Å²) in [5, 5.41) is 18.6. The highest BCUT2D eigenvalue weighted by Crippen LogP contribution is 2.27. The topological polar surface area (TPSA) is 67.9 Å². The second kappa shape index (κ2) is 6.24. The maximum atomic E-state index is 10.7. The molecule has 0 amide bonds. The van der Waals surface area contributed by atoms with Crippen LogP contribution in [0.4, 0.5) is 17.1 Å². The number of rotatable bonds is 3. The summed E-state index contributed by atoms with van der Waals surface area (Å²) >= 11 is 0. The van der Waals surface area contributed by atoms with E-state index in [4.69, 9.17) is 0 Å². The first-order chi connectivity index (χ1) is 8.27.